The van der Waals surface area contributed by atoms with Gasteiger partial charge in [-0.15, -0.1) is 5.10 Å². The second kappa shape index (κ2) is 12.4. The van der Waals surface area contributed by atoms with Gasteiger partial charge < -0.3 is 4.90 Å². The number of fused-ring (bicyclic) bond motifs is 2. The van der Waals surface area contributed by atoms with Crippen LogP contribution in [-0.2, 0) is 5.41 Å². The topological polar surface area (TPSA) is 34.0 Å². The first kappa shape index (κ1) is 30.5. The molecule has 0 amide bonds. The summed E-state index contributed by atoms with van der Waals surface area (Å²) in [6.07, 6.45) is 0. The standard InChI is InChI=1S/C47H36N4/c1-47(2)41-17-9-11-19-43(41)50(44-20-12-10-18-42(44)47)39-29-31-40(32-30-39)51-46(38-15-7-4-8-16-38)48-45(49-51)37-27-25-36(26-28-37)35-23-21-34(22-24-35)33-13-5-3-6-14-33/h3-32H,1-2H3. The average Bonchev–Trinajstić information content (AvgIpc) is 3.65. The largest absolute Gasteiger partial charge is 0.310 e. The molecule has 1 aromatic heterocycles. The van der Waals surface area contributed by atoms with E-state index in [0.29, 0.717) is 5.82 Å². The lowest BCUT2D eigenvalue weighted by Crippen LogP contribution is -2.30. The summed E-state index contributed by atoms with van der Waals surface area (Å²) in [5.74, 6) is 1.49. The van der Waals surface area contributed by atoms with Gasteiger partial charge in [-0.25, -0.2) is 9.67 Å². The molecule has 8 aromatic rings. The van der Waals surface area contributed by atoms with E-state index in [-0.39, 0.29) is 5.41 Å². The summed E-state index contributed by atoms with van der Waals surface area (Å²) in [6, 6.07) is 64.2. The van der Waals surface area contributed by atoms with Gasteiger partial charge in [-0.2, -0.15) is 0 Å². The van der Waals surface area contributed by atoms with E-state index in [1.165, 1.54) is 39.2 Å². The zero-order chi connectivity index (χ0) is 34.4. The van der Waals surface area contributed by atoms with Gasteiger partial charge in [0, 0.05) is 22.2 Å². The first-order valence-electron chi connectivity index (χ1n) is 17.4. The molecule has 9 rings (SSSR count). The van der Waals surface area contributed by atoms with Crippen molar-refractivity contribution in [2.45, 2.75) is 19.3 Å². The quantitative estimate of drug-likeness (QED) is 0.179. The van der Waals surface area contributed by atoms with Crippen LogP contribution in [0.5, 0.6) is 0 Å². The Morgan fingerprint density at radius 3 is 1.33 bits per heavy atom. The van der Waals surface area contributed by atoms with Crippen molar-refractivity contribution in [1.82, 2.24) is 14.8 Å². The lowest BCUT2D eigenvalue weighted by atomic mass is 9.73. The van der Waals surface area contributed by atoms with Crippen molar-refractivity contribution in [2.24, 2.45) is 0 Å². The molecule has 1 aliphatic rings. The van der Waals surface area contributed by atoms with Crippen LogP contribution in [0.3, 0.4) is 0 Å². The van der Waals surface area contributed by atoms with Gasteiger partial charge in [0.25, 0.3) is 0 Å². The van der Waals surface area contributed by atoms with E-state index in [1.54, 1.807) is 0 Å². The number of para-hydroxylation sites is 2. The van der Waals surface area contributed by atoms with Crippen molar-refractivity contribution >= 4 is 17.1 Å². The van der Waals surface area contributed by atoms with Gasteiger partial charge in [0.05, 0.1) is 17.1 Å². The Balaban J connectivity index is 1.06. The highest BCUT2D eigenvalue weighted by atomic mass is 15.4. The molecular formula is C47H36N4. The van der Waals surface area contributed by atoms with E-state index in [9.17, 15) is 0 Å². The minimum atomic E-state index is -0.101. The van der Waals surface area contributed by atoms with Crippen molar-refractivity contribution in [1.29, 1.82) is 0 Å². The van der Waals surface area contributed by atoms with Crippen molar-refractivity contribution in [3.05, 3.63) is 193 Å². The molecule has 0 radical (unpaired) electrons. The second-order valence-corrected chi connectivity index (χ2v) is 13.6. The number of hydrogen-bond acceptors (Lipinski definition) is 3. The molecule has 4 nitrogen and oxygen atoms in total. The zero-order valence-electron chi connectivity index (χ0n) is 28.6. The van der Waals surface area contributed by atoms with Crippen LogP contribution in [0.15, 0.2) is 182 Å². The highest BCUT2D eigenvalue weighted by molar-refractivity contribution is 5.86. The van der Waals surface area contributed by atoms with Crippen LogP contribution in [0, 0.1) is 0 Å². The Morgan fingerprint density at radius 2 is 0.804 bits per heavy atom. The lowest BCUT2D eigenvalue weighted by Gasteiger charge is -2.42. The molecule has 0 N–H and O–H groups in total. The van der Waals surface area contributed by atoms with Crippen molar-refractivity contribution in [3.8, 4) is 50.7 Å². The number of aromatic nitrogens is 3. The van der Waals surface area contributed by atoms with Gasteiger partial charge in [-0.1, -0.05) is 159 Å². The fraction of sp³-hybridized carbons (Fsp3) is 0.0638. The molecular weight excluding hydrogens is 621 g/mol. The summed E-state index contributed by atoms with van der Waals surface area (Å²) in [6.45, 7) is 4.63. The monoisotopic (exact) mass is 656 g/mol. The van der Waals surface area contributed by atoms with Gasteiger partial charge >= 0.3 is 0 Å². The second-order valence-electron chi connectivity index (χ2n) is 13.6. The van der Waals surface area contributed by atoms with Gasteiger partial charge in [-0.3, -0.25) is 0 Å². The van der Waals surface area contributed by atoms with Crippen LogP contribution in [0.1, 0.15) is 25.0 Å². The van der Waals surface area contributed by atoms with Crippen LogP contribution in [0.4, 0.5) is 17.1 Å². The highest BCUT2D eigenvalue weighted by Crippen LogP contribution is 2.51. The third-order valence-electron chi connectivity index (χ3n) is 10.1. The maximum absolute atomic E-state index is 5.10. The van der Waals surface area contributed by atoms with Crippen molar-refractivity contribution in [2.75, 3.05) is 4.90 Å². The zero-order valence-corrected chi connectivity index (χ0v) is 28.6. The minimum Gasteiger partial charge on any atom is -0.310 e. The third kappa shape index (κ3) is 5.42. The Kier molecular flexibility index (Phi) is 7.44. The van der Waals surface area contributed by atoms with Crippen LogP contribution in [0.2, 0.25) is 0 Å². The van der Waals surface area contributed by atoms with E-state index in [2.05, 4.69) is 176 Å². The summed E-state index contributed by atoms with van der Waals surface area (Å²) in [5.41, 5.74) is 13.7. The molecule has 1 aliphatic heterocycles. The number of hydrogen-bond donors (Lipinski definition) is 0. The van der Waals surface area contributed by atoms with E-state index in [0.717, 1.165) is 33.9 Å². The van der Waals surface area contributed by atoms with Gasteiger partial charge in [-0.05, 0) is 69.8 Å². The smallest absolute Gasteiger partial charge is 0.182 e. The number of nitrogens with zero attached hydrogens (tertiary/aromatic N) is 4. The molecule has 7 aromatic carbocycles. The van der Waals surface area contributed by atoms with E-state index >= 15 is 0 Å². The molecule has 51 heavy (non-hydrogen) atoms. The minimum absolute atomic E-state index is 0.101. The fourth-order valence-corrected chi connectivity index (χ4v) is 7.38. The molecule has 0 bridgehead atoms. The SMILES string of the molecule is CC1(C)c2ccccc2N(c2ccc(-n3nc(-c4ccc(-c5ccc(-c6ccccc6)cc5)cc4)nc3-c3ccccc3)cc2)c2ccccc21. The Morgan fingerprint density at radius 1 is 0.392 bits per heavy atom. The molecule has 244 valence electrons. The van der Waals surface area contributed by atoms with Gasteiger partial charge in [0.2, 0.25) is 0 Å². The molecule has 0 spiro atoms. The first-order chi connectivity index (χ1) is 25.0. The normalized spacial score (nSPS) is 13.0. The summed E-state index contributed by atoms with van der Waals surface area (Å²) in [7, 11) is 0. The lowest BCUT2D eigenvalue weighted by molar-refractivity contribution is 0.632. The molecule has 4 heteroatoms. The maximum Gasteiger partial charge on any atom is 0.182 e. The van der Waals surface area contributed by atoms with Crippen LogP contribution in [0.25, 0.3) is 50.7 Å². The summed E-state index contributed by atoms with van der Waals surface area (Å²) >= 11 is 0. The Labute approximate surface area is 299 Å². The van der Waals surface area contributed by atoms with Crippen molar-refractivity contribution in [3.63, 3.8) is 0 Å². The third-order valence-corrected chi connectivity index (χ3v) is 10.1. The number of anilines is 3. The maximum atomic E-state index is 5.10. The molecule has 0 saturated heterocycles. The highest BCUT2D eigenvalue weighted by Gasteiger charge is 2.36. The Hall–Kier alpha value is -6.52. The number of rotatable bonds is 6. The first-order valence-corrected chi connectivity index (χ1v) is 17.4. The van der Waals surface area contributed by atoms with Crippen LogP contribution < -0.4 is 4.90 Å². The van der Waals surface area contributed by atoms with E-state index in [1.807, 2.05) is 28.9 Å². The van der Waals surface area contributed by atoms with E-state index in [4.69, 9.17) is 10.1 Å². The predicted octanol–water partition coefficient (Wildman–Crippen LogP) is 12.0. The van der Waals surface area contributed by atoms with E-state index < -0.39 is 0 Å². The fourth-order valence-electron chi connectivity index (χ4n) is 7.38. The summed E-state index contributed by atoms with van der Waals surface area (Å²) in [5, 5.41) is 5.10. The number of benzene rings is 7. The predicted molar refractivity (Wildman–Crippen MR) is 210 cm³/mol. The van der Waals surface area contributed by atoms with Crippen LogP contribution >= 0.6 is 0 Å². The van der Waals surface area contributed by atoms with Gasteiger partial charge in [0.15, 0.2) is 11.6 Å². The molecule has 0 unspecified atom stereocenters. The summed E-state index contributed by atoms with van der Waals surface area (Å²) in [4.78, 5) is 7.48. The molecule has 2 heterocycles. The molecule has 0 aliphatic carbocycles. The van der Waals surface area contributed by atoms with Gasteiger partial charge in [0.1, 0.15) is 0 Å². The summed E-state index contributed by atoms with van der Waals surface area (Å²) < 4.78 is 1.96. The van der Waals surface area contributed by atoms with Crippen LogP contribution in [-0.4, -0.2) is 14.8 Å². The molecule has 0 fully saturated rings. The Bertz CT molecular complexity index is 2410. The molecule has 0 atom stereocenters. The average molecular weight is 657 g/mol. The van der Waals surface area contributed by atoms with Crippen molar-refractivity contribution < 1.29 is 0 Å². The molecule has 0 saturated carbocycles.